The molecule has 2 aromatic carbocycles. The van der Waals surface area contributed by atoms with Crippen molar-refractivity contribution in [3.8, 4) is 5.75 Å². The van der Waals surface area contributed by atoms with E-state index >= 15 is 0 Å². The van der Waals surface area contributed by atoms with Crippen molar-refractivity contribution < 1.29 is 18.3 Å². The van der Waals surface area contributed by atoms with Gasteiger partial charge in [-0.05, 0) is 47.3 Å². The van der Waals surface area contributed by atoms with Gasteiger partial charge in [-0.15, -0.1) is 11.3 Å². The van der Waals surface area contributed by atoms with Gasteiger partial charge in [-0.2, -0.15) is 8.78 Å². The maximum Gasteiger partial charge on any atom is 0.387 e. The summed E-state index contributed by atoms with van der Waals surface area (Å²) in [5, 5.41) is 6.10. The first kappa shape index (κ1) is 19.1. The molecule has 0 aliphatic rings. The molecular weight excluding hydrogens is 394 g/mol. The molecule has 2 aromatic heterocycles. The minimum atomic E-state index is -2.89. The molecule has 1 amide bonds. The second kappa shape index (κ2) is 8.45. The Bertz CT molecular complexity index is 1090. The molecule has 2 N–H and O–H groups in total. The Labute approximate surface area is 170 Å². The third-order valence-electron chi connectivity index (χ3n) is 4.69. The average molecular weight is 412 g/mol. The topological polar surface area (TPSA) is 54.1 Å². The van der Waals surface area contributed by atoms with E-state index in [9.17, 15) is 13.6 Å². The number of rotatable bonds is 7. The van der Waals surface area contributed by atoms with E-state index in [1.807, 2.05) is 35.8 Å². The minimum absolute atomic E-state index is 0.00320. The molecule has 4 nitrogen and oxygen atoms in total. The highest BCUT2D eigenvalue weighted by atomic mass is 32.1. The highest BCUT2D eigenvalue weighted by Gasteiger charge is 2.20. The second-order valence-corrected chi connectivity index (χ2v) is 7.45. The van der Waals surface area contributed by atoms with Crippen molar-refractivity contribution in [1.29, 1.82) is 0 Å². The maximum atomic E-state index is 12.6. The quantitative estimate of drug-likeness (QED) is 0.427. The van der Waals surface area contributed by atoms with Gasteiger partial charge in [0.2, 0.25) is 0 Å². The van der Waals surface area contributed by atoms with Crippen LogP contribution in [0.2, 0.25) is 0 Å². The number of benzene rings is 2. The maximum absolute atomic E-state index is 12.6. The molecule has 0 radical (unpaired) electrons. The first-order chi connectivity index (χ1) is 14.1. The summed E-state index contributed by atoms with van der Waals surface area (Å²) in [6, 6.07) is 17.8. The lowest BCUT2D eigenvalue weighted by Gasteiger charge is -2.16. The monoisotopic (exact) mass is 412 g/mol. The SMILES string of the molecule is O=C(NC[C@H](c1cccs1)c1c[nH]c2ccccc12)c1ccc(OC(F)F)cc1. The number of hydrogen-bond donors (Lipinski definition) is 2. The van der Waals surface area contributed by atoms with Crippen LogP contribution >= 0.6 is 11.3 Å². The van der Waals surface area contributed by atoms with Crippen molar-refractivity contribution in [2.45, 2.75) is 12.5 Å². The normalized spacial score (nSPS) is 12.2. The van der Waals surface area contributed by atoms with Crippen LogP contribution in [0, 0.1) is 0 Å². The van der Waals surface area contributed by atoms with E-state index in [4.69, 9.17) is 0 Å². The van der Waals surface area contributed by atoms with Gasteiger partial charge in [0.15, 0.2) is 0 Å². The molecule has 0 aliphatic carbocycles. The Morgan fingerprint density at radius 2 is 1.86 bits per heavy atom. The zero-order valence-electron chi connectivity index (χ0n) is 15.3. The number of carbonyl (C=O) groups excluding carboxylic acids is 1. The van der Waals surface area contributed by atoms with Crippen molar-refractivity contribution in [2.75, 3.05) is 6.54 Å². The molecule has 2 heterocycles. The third kappa shape index (κ3) is 4.30. The number of aromatic amines is 1. The summed E-state index contributed by atoms with van der Waals surface area (Å²) in [6.07, 6.45) is 1.98. The first-order valence-electron chi connectivity index (χ1n) is 9.04. The zero-order valence-corrected chi connectivity index (χ0v) is 16.1. The fourth-order valence-electron chi connectivity index (χ4n) is 3.32. The number of H-pyrrole nitrogens is 1. The predicted octanol–water partition coefficient (Wildman–Crippen LogP) is 5.39. The molecule has 1 atom stereocenters. The largest absolute Gasteiger partial charge is 0.435 e. The number of carbonyl (C=O) groups is 1. The summed E-state index contributed by atoms with van der Waals surface area (Å²) in [5.74, 6) is -0.252. The van der Waals surface area contributed by atoms with Crippen molar-refractivity contribution in [1.82, 2.24) is 10.3 Å². The van der Waals surface area contributed by atoms with Crippen LogP contribution < -0.4 is 10.1 Å². The number of fused-ring (bicyclic) bond motifs is 1. The predicted molar refractivity (Wildman–Crippen MR) is 110 cm³/mol. The number of para-hydroxylation sites is 1. The summed E-state index contributed by atoms with van der Waals surface area (Å²) in [4.78, 5) is 17.0. The lowest BCUT2D eigenvalue weighted by molar-refractivity contribution is -0.0498. The summed E-state index contributed by atoms with van der Waals surface area (Å²) < 4.78 is 28.9. The second-order valence-electron chi connectivity index (χ2n) is 6.47. The van der Waals surface area contributed by atoms with Gasteiger partial charge in [-0.1, -0.05) is 24.3 Å². The summed E-state index contributed by atoms with van der Waals surface area (Å²) in [7, 11) is 0. The molecular formula is C22H18F2N2O2S. The lowest BCUT2D eigenvalue weighted by Crippen LogP contribution is -2.28. The zero-order chi connectivity index (χ0) is 20.2. The van der Waals surface area contributed by atoms with E-state index in [1.54, 1.807) is 11.3 Å². The van der Waals surface area contributed by atoms with Gasteiger partial charge in [0, 0.05) is 40.0 Å². The Morgan fingerprint density at radius 1 is 1.07 bits per heavy atom. The Morgan fingerprint density at radius 3 is 2.59 bits per heavy atom. The van der Waals surface area contributed by atoms with Gasteiger partial charge >= 0.3 is 6.61 Å². The van der Waals surface area contributed by atoms with E-state index < -0.39 is 6.61 Å². The molecule has 0 spiro atoms. The van der Waals surface area contributed by atoms with Crippen LogP contribution in [0.5, 0.6) is 5.75 Å². The lowest BCUT2D eigenvalue weighted by atomic mass is 9.96. The number of amides is 1. The van der Waals surface area contributed by atoms with Crippen molar-refractivity contribution in [2.24, 2.45) is 0 Å². The molecule has 148 valence electrons. The molecule has 29 heavy (non-hydrogen) atoms. The Balaban J connectivity index is 1.52. The van der Waals surface area contributed by atoms with Gasteiger partial charge < -0.3 is 15.0 Å². The van der Waals surface area contributed by atoms with Crippen molar-refractivity contribution >= 4 is 28.1 Å². The fraction of sp³-hybridized carbons (Fsp3) is 0.136. The standard InChI is InChI=1S/C22H18F2N2O2S/c23-22(24)28-15-9-7-14(8-10-15)21(27)26-13-18(20-6-3-11-29-20)17-12-25-19-5-2-1-4-16(17)19/h1-12,18,22,25H,13H2,(H,26,27)/t18-/m0/s1. The minimum Gasteiger partial charge on any atom is -0.435 e. The number of hydrogen-bond acceptors (Lipinski definition) is 3. The highest BCUT2D eigenvalue weighted by Crippen LogP contribution is 2.32. The van der Waals surface area contributed by atoms with Crippen LogP contribution in [-0.2, 0) is 0 Å². The molecule has 0 fully saturated rings. The van der Waals surface area contributed by atoms with Crippen molar-refractivity contribution in [3.05, 3.63) is 88.2 Å². The number of ether oxygens (including phenoxy) is 1. The van der Waals surface area contributed by atoms with Gasteiger partial charge in [0.05, 0.1) is 0 Å². The van der Waals surface area contributed by atoms with E-state index in [0.29, 0.717) is 12.1 Å². The van der Waals surface area contributed by atoms with Gasteiger partial charge in [0.25, 0.3) is 5.91 Å². The van der Waals surface area contributed by atoms with Crippen LogP contribution in [0.25, 0.3) is 10.9 Å². The van der Waals surface area contributed by atoms with Crippen LogP contribution in [0.3, 0.4) is 0 Å². The Kier molecular flexibility index (Phi) is 5.57. The number of thiophene rings is 1. The molecule has 4 rings (SSSR count). The number of aromatic nitrogens is 1. The molecule has 7 heteroatoms. The number of nitrogens with one attached hydrogen (secondary N) is 2. The molecule has 0 bridgehead atoms. The van der Waals surface area contributed by atoms with Gasteiger partial charge in [-0.25, -0.2) is 0 Å². The van der Waals surface area contributed by atoms with Crippen LogP contribution in [-0.4, -0.2) is 24.0 Å². The summed E-state index contributed by atoms with van der Waals surface area (Å²) in [6.45, 7) is -2.48. The molecule has 0 aliphatic heterocycles. The van der Waals surface area contributed by atoms with Gasteiger partial charge in [-0.3, -0.25) is 4.79 Å². The number of halogens is 2. The number of alkyl halides is 2. The molecule has 0 saturated heterocycles. The molecule has 0 saturated carbocycles. The van der Waals surface area contributed by atoms with E-state index in [0.717, 1.165) is 21.3 Å². The smallest absolute Gasteiger partial charge is 0.387 e. The molecule has 4 aromatic rings. The van der Waals surface area contributed by atoms with Crippen LogP contribution in [0.1, 0.15) is 26.7 Å². The highest BCUT2D eigenvalue weighted by molar-refractivity contribution is 7.10. The Hall–Kier alpha value is -3.19. The molecule has 0 unspecified atom stereocenters. The van der Waals surface area contributed by atoms with Crippen LogP contribution in [0.15, 0.2) is 72.2 Å². The van der Waals surface area contributed by atoms with Crippen LogP contribution in [0.4, 0.5) is 8.78 Å². The summed E-state index contributed by atoms with van der Waals surface area (Å²) in [5.41, 5.74) is 2.55. The fourth-order valence-corrected chi connectivity index (χ4v) is 4.17. The van der Waals surface area contributed by atoms with Gasteiger partial charge in [0.1, 0.15) is 5.75 Å². The van der Waals surface area contributed by atoms with E-state index in [1.165, 1.54) is 24.3 Å². The van der Waals surface area contributed by atoms with Crippen molar-refractivity contribution in [3.63, 3.8) is 0 Å². The van der Waals surface area contributed by atoms with E-state index in [-0.39, 0.29) is 17.6 Å². The first-order valence-corrected chi connectivity index (χ1v) is 9.92. The third-order valence-corrected chi connectivity index (χ3v) is 5.68. The van der Waals surface area contributed by atoms with E-state index in [2.05, 4.69) is 27.2 Å². The summed E-state index contributed by atoms with van der Waals surface area (Å²) >= 11 is 1.64. The average Bonchev–Trinajstić information content (AvgIpc) is 3.39.